The van der Waals surface area contributed by atoms with Gasteiger partial charge in [-0.25, -0.2) is 10.3 Å². The van der Waals surface area contributed by atoms with Gasteiger partial charge in [0.05, 0.1) is 0 Å². The molecule has 0 spiro atoms. The van der Waals surface area contributed by atoms with Gasteiger partial charge in [0.25, 0.3) is 11.8 Å². The summed E-state index contributed by atoms with van der Waals surface area (Å²) < 4.78 is 5.34. The molecule has 0 saturated carbocycles. The van der Waals surface area contributed by atoms with Crippen LogP contribution in [0, 0.1) is 0 Å². The molecule has 190 valence electrons. The van der Waals surface area contributed by atoms with E-state index in [2.05, 4.69) is 15.8 Å². The molecule has 0 bridgehead atoms. The number of rotatable bonds is 7. The molecular weight excluding hydrogens is 460 g/mol. The van der Waals surface area contributed by atoms with Crippen molar-refractivity contribution in [2.75, 3.05) is 18.1 Å². The third-order valence-corrected chi connectivity index (χ3v) is 5.89. The Morgan fingerprint density at radius 3 is 2.64 bits per heavy atom. The Hall–Kier alpha value is -3.85. The van der Waals surface area contributed by atoms with Gasteiger partial charge in [-0.2, -0.15) is 0 Å². The summed E-state index contributed by atoms with van der Waals surface area (Å²) in [5.41, 5.74) is 5.37. The van der Waals surface area contributed by atoms with Crippen LogP contribution in [-0.2, 0) is 32.0 Å². The predicted molar refractivity (Wildman–Crippen MR) is 136 cm³/mol. The third-order valence-electron chi connectivity index (χ3n) is 5.89. The minimum absolute atomic E-state index is 0.200. The van der Waals surface area contributed by atoms with Crippen LogP contribution in [0.15, 0.2) is 54.7 Å². The Balaban J connectivity index is 1.40. The van der Waals surface area contributed by atoms with Gasteiger partial charge in [0.15, 0.2) is 6.61 Å². The summed E-state index contributed by atoms with van der Waals surface area (Å²) >= 11 is 0. The first-order chi connectivity index (χ1) is 17.2. The molecule has 1 aliphatic rings. The van der Waals surface area contributed by atoms with E-state index in [1.807, 2.05) is 48.5 Å². The molecule has 1 aromatic heterocycles. The quantitative estimate of drug-likeness (QED) is 0.436. The fourth-order valence-electron chi connectivity index (χ4n) is 4.29. The van der Waals surface area contributed by atoms with Crippen molar-refractivity contribution in [3.63, 3.8) is 0 Å². The monoisotopic (exact) mass is 492 g/mol. The lowest BCUT2D eigenvalue weighted by molar-refractivity contribution is -0.139. The molecule has 1 aliphatic heterocycles. The summed E-state index contributed by atoms with van der Waals surface area (Å²) in [6.07, 6.45) is 3.07. The van der Waals surface area contributed by atoms with Crippen LogP contribution in [0.2, 0.25) is 0 Å². The van der Waals surface area contributed by atoms with Gasteiger partial charge in [-0.05, 0) is 56.9 Å². The lowest BCUT2D eigenvalue weighted by Gasteiger charge is -2.29. The number of hydrogen-bond donors (Lipinski definition) is 3. The van der Waals surface area contributed by atoms with Crippen molar-refractivity contribution >= 4 is 34.5 Å². The van der Waals surface area contributed by atoms with E-state index in [1.165, 1.54) is 0 Å². The summed E-state index contributed by atoms with van der Waals surface area (Å²) in [5, 5.41) is 3.57. The molecule has 0 unspecified atom stereocenters. The molecule has 0 aliphatic carbocycles. The number of H-pyrrole nitrogens is 1. The number of hydrogen-bond acceptors (Lipinski definition) is 5. The number of benzene rings is 2. The van der Waals surface area contributed by atoms with Crippen LogP contribution in [0.25, 0.3) is 10.9 Å². The maximum atomic E-state index is 13.0. The van der Waals surface area contributed by atoms with E-state index >= 15 is 0 Å². The minimum Gasteiger partial charge on any atom is -0.444 e. The minimum atomic E-state index is -0.982. The molecule has 0 radical (unpaired) electrons. The number of aromatic amines is 1. The summed E-state index contributed by atoms with van der Waals surface area (Å²) in [7, 11) is 0. The van der Waals surface area contributed by atoms with Crippen molar-refractivity contribution in [3.05, 3.63) is 65.9 Å². The van der Waals surface area contributed by atoms with E-state index in [-0.39, 0.29) is 18.9 Å². The van der Waals surface area contributed by atoms with Crippen LogP contribution >= 0.6 is 0 Å². The first-order valence-electron chi connectivity index (χ1n) is 12.1. The van der Waals surface area contributed by atoms with Crippen LogP contribution in [-0.4, -0.2) is 47.7 Å². The van der Waals surface area contributed by atoms with Gasteiger partial charge in [0.2, 0.25) is 0 Å². The number of nitrogens with zero attached hydrogens (tertiary/aromatic N) is 1. The molecule has 0 fully saturated rings. The van der Waals surface area contributed by atoms with E-state index in [4.69, 9.17) is 9.57 Å². The number of aromatic nitrogens is 1. The molecule has 3 N–H and O–H groups in total. The summed E-state index contributed by atoms with van der Waals surface area (Å²) in [5.74, 6) is -0.839. The summed E-state index contributed by atoms with van der Waals surface area (Å²) in [4.78, 5) is 48.4. The maximum Gasteiger partial charge on any atom is 0.408 e. The second-order valence-corrected chi connectivity index (χ2v) is 9.80. The normalized spacial score (nSPS) is 14.1. The fourth-order valence-corrected chi connectivity index (χ4v) is 4.29. The van der Waals surface area contributed by atoms with Gasteiger partial charge in [-0.3, -0.25) is 14.4 Å². The lowest BCUT2D eigenvalue weighted by atomic mass is 10.0. The first-order valence-corrected chi connectivity index (χ1v) is 12.1. The molecular formula is C27H32N4O5. The number of alkyl carbamates (subject to hydrolysis) is 1. The number of carbonyl (C=O) groups is 3. The Bertz CT molecular complexity index is 1250. The highest BCUT2D eigenvalue weighted by atomic mass is 16.7. The number of carbonyl (C=O) groups excluding carboxylic acids is 3. The number of amides is 3. The van der Waals surface area contributed by atoms with Crippen molar-refractivity contribution in [2.45, 2.75) is 51.7 Å². The number of ether oxygens (including phenoxy) is 1. The molecule has 9 nitrogen and oxygen atoms in total. The van der Waals surface area contributed by atoms with Gasteiger partial charge < -0.3 is 19.9 Å². The third kappa shape index (κ3) is 6.23. The molecule has 9 heteroatoms. The predicted octanol–water partition coefficient (Wildman–Crippen LogP) is 3.63. The highest BCUT2D eigenvalue weighted by molar-refractivity contribution is 5.95. The molecule has 1 atom stereocenters. The SMILES string of the molecule is CC(C)(C)OC(=O)N[C@@H](Cc1c[nH]c2ccccc12)C(=O)NOCC(=O)N1CCCc2ccccc21. The molecule has 2 heterocycles. The molecule has 3 amide bonds. The summed E-state index contributed by atoms with van der Waals surface area (Å²) in [6, 6.07) is 14.5. The van der Waals surface area contributed by atoms with E-state index < -0.39 is 23.6 Å². The molecule has 3 aromatic rings. The van der Waals surface area contributed by atoms with E-state index in [9.17, 15) is 14.4 Å². The number of aryl methyl sites for hydroxylation is 1. The average Bonchev–Trinajstić information content (AvgIpc) is 3.24. The van der Waals surface area contributed by atoms with Crippen molar-refractivity contribution in [2.24, 2.45) is 0 Å². The zero-order valence-electron chi connectivity index (χ0n) is 20.8. The summed E-state index contributed by atoms with van der Waals surface area (Å²) in [6.45, 7) is 5.50. The van der Waals surface area contributed by atoms with Crippen molar-refractivity contribution in [1.29, 1.82) is 0 Å². The standard InChI is InChI=1S/C27H32N4O5/c1-27(2,3)36-26(34)29-22(15-19-16-28-21-12-6-5-11-20(19)21)25(33)30-35-17-24(32)31-14-8-10-18-9-4-7-13-23(18)31/h4-7,9,11-13,16,22,28H,8,10,14-15,17H2,1-3H3,(H,29,34)(H,30,33)/t22-/m0/s1. The topological polar surface area (TPSA) is 113 Å². The van der Waals surface area contributed by atoms with E-state index in [1.54, 1.807) is 31.9 Å². The van der Waals surface area contributed by atoms with Crippen LogP contribution in [0.4, 0.5) is 10.5 Å². The van der Waals surface area contributed by atoms with E-state index in [0.29, 0.717) is 6.54 Å². The van der Waals surface area contributed by atoms with Gasteiger partial charge >= 0.3 is 6.09 Å². The maximum absolute atomic E-state index is 13.0. The lowest BCUT2D eigenvalue weighted by Crippen LogP contribution is -2.50. The highest BCUT2D eigenvalue weighted by Gasteiger charge is 2.27. The Labute approximate surface area is 210 Å². The second kappa shape index (κ2) is 10.8. The zero-order valence-corrected chi connectivity index (χ0v) is 20.8. The average molecular weight is 493 g/mol. The zero-order chi connectivity index (χ0) is 25.7. The van der Waals surface area contributed by atoms with Gasteiger partial charge in [-0.15, -0.1) is 0 Å². The molecule has 36 heavy (non-hydrogen) atoms. The van der Waals surface area contributed by atoms with Crippen LogP contribution in [0.3, 0.4) is 0 Å². The first kappa shape index (κ1) is 25.2. The number of anilines is 1. The van der Waals surface area contributed by atoms with Crippen molar-refractivity contribution < 1.29 is 24.0 Å². The number of para-hydroxylation sites is 2. The van der Waals surface area contributed by atoms with Gasteiger partial charge in [0.1, 0.15) is 11.6 Å². The smallest absolute Gasteiger partial charge is 0.408 e. The molecule has 0 saturated heterocycles. The largest absolute Gasteiger partial charge is 0.444 e. The fraction of sp³-hybridized carbons (Fsp3) is 0.370. The second-order valence-electron chi connectivity index (χ2n) is 9.80. The molecule has 2 aromatic carbocycles. The van der Waals surface area contributed by atoms with Gasteiger partial charge in [0, 0.05) is 35.8 Å². The van der Waals surface area contributed by atoms with Crippen LogP contribution in [0.5, 0.6) is 0 Å². The van der Waals surface area contributed by atoms with Crippen LogP contribution < -0.4 is 15.7 Å². The van der Waals surface area contributed by atoms with Crippen molar-refractivity contribution in [1.82, 2.24) is 15.8 Å². The highest BCUT2D eigenvalue weighted by Crippen LogP contribution is 2.26. The Kier molecular flexibility index (Phi) is 7.59. The number of hydroxylamine groups is 1. The molecule has 4 rings (SSSR count). The van der Waals surface area contributed by atoms with Crippen molar-refractivity contribution in [3.8, 4) is 0 Å². The Morgan fingerprint density at radius 2 is 1.83 bits per heavy atom. The Morgan fingerprint density at radius 1 is 1.08 bits per heavy atom. The number of fused-ring (bicyclic) bond motifs is 2. The van der Waals surface area contributed by atoms with Gasteiger partial charge in [-0.1, -0.05) is 36.4 Å². The number of nitrogens with one attached hydrogen (secondary N) is 3. The van der Waals surface area contributed by atoms with Crippen LogP contribution in [0.1, 0.15) is 38.3 Å². The van der Waals surface area contributed by atoms with E-state index in [0.717, 1.165) is 40.6 Å².